The molecule has 0 saturated carbocycles. The van der Waals surface area contributed by atoms with Crippen molar-refractivity contribution in [3.8, 4) is 44.8 Å². The third kappa shape index (κ3) is 5.34. The van der Waals surface area contributed by atoms with Crippen LogP contribution < -0.4 is 4.90 Å². The molecule has 4 heteroatoms. The molecule has 1 aliphatic rings. The second-order valence-electron chi connectivity index (χ2n) is 16.4. The third-order valence-electron chi connectivity index (χ3n) is 12.5. The Morgan fingerprint density at radius 2 is 1.12 bits per heavy atom. The van der Waals surface area contributed by atoms with Crippen LogP contribution in [-0.2, 0) is 5.41 Å². The van der Waals surface area contributed by atoms with E-state index in [0.29, 0.717) is 5.89 Å². The van der Waals surface area contributed by atoms with Crippen LogP contribution in [0.2, 0.25) is 0 Å². The average Bonchev–Trinajstić information content (AvgIpc) is 3.96. The van der Waals surface area contributed by atoms with Crippen molar-refractivity contribution in [1.82, 2.24) is 4.98 Å². The van der Waals surface area contributed by atoms with E-state index < -0.39 is 0 Å². The lowest BCUT2D eigenvalue weighted by molar-refractivity contribution is 0.620. The summed E-state index contributed by atoms with van der Waals surface area (Å²) >= 11 is 0. The highest BCUT2D eigenvalue weighted by molar-refractivity contribution is 6.16. The van der Waals surface area contributed by atoms with E-state index in [2.05, 4.69) is 164 Å². The molecule has 4 nitrogen and oxygen atoms in total. The molecule has 0 radical (unpaired) electrons. The fraction of sp³-hybridized carbons (Fsp3) is 0.0536. The van der Waals surface area contributed by atoms with Crippen LogP contribution in [0.3, 0.4) is 0 Å². The first-order chi connectivity index (χ1) is 29.5. The molecule has 0 N–H and O–H groups in total. The van der Waals surface area contributed by atoms with E-state index in [0.717, 1.165) is 72.4 Å². The number of rotatable bonds is 6. The van der Waals surface area contributed by atoms with Gasteiger partial charge in [0.15, 0.2) is 5.58 Å². The number of fused-ring (bicyclic) bond motifs is 8. The highest BCUT2D eigenvalue weighted by Crippen LogP contribution is 2.51. The minimum atomic E-state index is -0.0859. The van der Waals surface area contributed by atoms with Gasteiger partial charge in [0.25, 0.3) is 0 Å². The number of oxazole rings is 1. The molecule has 9 aromatic carbocycles. The van der Waals surface area contributed by atoms with Crippen molar-refractivity contribution in [2.75, 3.05) is 4.90 Å². The first-order valence-electron chi connectivity index (χ1n) is 20.5. The summed E-state index contributed by atoms with van der Waals surface area (Å²) < 4.78 is 13.2. The minimum Gasteiger partial charge on any atom is -0.455 e. The number of nitrogens with zero attached hydrogens (tertiary/aromatic N) is 2. The van der Waals surface area contributed by atoms with Crippen LogP contribution in [0, 0.1) is 0 Å². The standard InChI is InChI=1S/C56H38N2O2/c1-56(2)48-21-10-8-19-44(48)46-33-43(29-30-49(46)56)58(42-18-12-17-39(32-42)40-24-23-35-13-6-7-16-38(35)31-40)41-27-25-36(26-28-41)52-53-51(60-55(57-53)37-14-4-3-5-15-37)34-47-45-20-9-11-22-50(45)59-54(47)52/h3-34H,1-2H3. The van der Waals surface area contributed by atoms with Gasteiger partial charge >= 0.3 is 0 Å². The van der Waals surface area contributed by atoms with Crippen molar-refractivity contribution in [2.45, 2.75) is 19.3 Å². The van der Waals surface area contributed by atoms with E-state index in [-0.39, 0.29) is 5.41 Å². The van der Waals surface area contributed by atoms with Crippen LogP contribution >= 0.6 is 0 Å². The van der Waals surface area contributed by atoms with Crippen molar-refractivity contribution < 1.29 is 8.83 Å². The van der Waals surface area contributed by atoms with Crippen LogP contribution in [0.1, 0.15) is 25.0 Å². The van der Waals surface area contributed by atoms with Gasteiger partial charge in [-0.2, -0.15) is 0 Å². The Morgan fingerprint density at radius 3 is 2.00 bits per heavy atom. The fourth-order valence-corrected chi connectivity index (χ4v) is 9.48. The molecule has 1 aliphatic carbocycles. The fourth-order valence-electron chi connectivity index (χ4n) is 9.48. The maximum atomic E-state index is 6.66. The molecule has 11 aromatic rings. The summed E-state index contributed by atoms with van der Waals surface area (Å²) in [6.45, 7) is 4.66. The zero-order valence-electron chi connectivity index (χ0n) is 33.2. The van der Waals surface area contributed by atoms with Gasteiger partial charge in [0.05, 0.1) is 5.56 Å². The predicted molar refractivity (Wildman–Crippen MR) is 247 cm³/mol. The molecule has 60 heavy (non-hydrogen) atoms. The van der Waals surface area contributed by atoms with E-state index in [4.69, 9.17) is 13.8 Å². The summed E-state index contributed by atoms with van der Waals surface area (Å²) in [5.41, 5.74) is 16.7. The van der Waals surface area contributed by atoms with Crippen molar-refractivity contribution in [2.24, 2.45) is 0 Å². The molecule has 0 atom stereocenters. The lowest BCUT2D eigenvalue weighted by atomic mass is 9.82. The number of hydrogen-bond donors (Lipinski definition) is 0. The Bertz CT molecular complexity index is 3460. The van der Waals surface area contributed by atoms with Crippen LogP contribution in [0.15, 0.2) is 203 Å². The lowest BCUT2D eigenvalue weighted by Gasteiger charge is -2.28. The molecule has 0 fully saturated rings. The van der Waals surface area contributed by atoms with E-state index in [1.54, 1.807) is 0 Å². The Hall–Kier alpha value is -7.69. The molecule has 284 valence electrons. The van der Waals surface area contributed by atoms with Gasteiger partial charge in [0, 0.05) is 38.8 Å². The number of para-hydroxylation sites is 1. The molecule has 0 aliphatic heterocycles. The maximum Gasteiger partial charge on any atom is 0.227 e. The van der Waals surface area contributed by atoms with Gasteiger partial charge in [-0.15, -0.1) is 0 Å². The zero-order valence-corrected chi connectivity index (χ0v) is 33.2. The van der Waals surface area contributed by atoms with Gasteiger partial charge in [-0.25, -0.2) is 4.98 Å². The number of aromatic nitrogens is 1. The second-order valence-corrected chi connectivity index (χ2v) is 16.4. The Kier molecular flexibility index (Phi) is 7.54. The molecule has 2 heterocycles. The Labute approximate surface area is 347 Å². The number of anilines is 3. The first-order valence-corrected chi connectivity index (χ1v) is 20.5. The Balaban J connectivity index is 1.04. The summed E-state index contributed by atoms with van der Waals surface area (Å²) in [5, 5.41) is 4.51. The van der Waals surface area contributed by atoms with Crippen LogP contribution in [0.5, 0.6) is 0 Å². The van der Waals surface area contributed by atoms with Crippen molar-refractivity contribution in [3.05, 3.63) is 205 Å². The SMILES string of the molecule is CC1(C)c2ccccc2-c2cc(N(c3ccc(-c4c5nc(-c6ccccc6)oc5cc5c4oc4ccccc45)cc3)c3cccc(-c4ccc5ccccc5c4)c3)ccc21. The lowest BCUT2D eigenvalue weighted by Crippen LogP contribution is -2.15. The summed E-state index contributed by atoms with van der Waals surface area (Å²) in [6, 6.07) is 69.1. The van der Waals surface area contributed by atoms with Crippen LogP contribution in [0.25, 0.3) is 88.6 Å². The summed E-state index contributed by atoms with van der Waals surface area (Å²) in [6.07, 6.45) is 0. The maximum absolute atomic E-state index is 6.66. The Morgan fingerprint density at radius 1 is 0.433 bits per heavy atom. The number of furan rings is 1. The van der Waals surface area contributed by atoms with Gasteiger partial charge in [-0.05, 0) is 116 Å². The highest BCUT2D eigenvalue weighted by Gasteiger charge is 2.35. The largest absolute Gasteiger partial charge is 0.455 e. The van der Waals surface area contributed by atoms with E-state index in [1.807, 2.05) is 48.5 Å². The molecule has 0 bridgehead atoms. The molecule has 0 spiro atoms. The molecular formula is C56H38N2O2. The zero-order chi connectivity index (χ0) is 40.0. The smallest absolute Gasteiger partial charge is 0.227 e. The predicted octanol–water partition coefficient (Wildman–Crippen LogP) is 15.7. The molecule has 0 saturated heterocycles. The molecule has 12 rings (SSSR count). The van der Waals surface area contributed by atoms with E-state index in [1.165, 1.54) is 38.6 Å². The topological polar surface area (TPSA) is 42.4 Å². The van der Waals surface area contributed by atoms with Gasteiger partial charge in [-0.3, -0.25) is 0 Å². The molecular weight excluding hydrogens is 733 g/mol. The quantitative estimate of drug-likeness (QED) is 0.169. The highest BCUT2D eigenvalue weighted by atomic mass is 16.4. The summed E-state index contributed by atoms with van der Waals surface area (Å²) in [4.78, 5) is 7.49. The summed E-state index contributed by atoms with van der Waals surface area (Å²) in [7, 11) is 0. The van der Waals surface area contributed by atoms with Gasteiger partial charge in [-0.1, -0.05) is 141 Å². The molecule has 2 aromatic heterocycles. The van der Waals surface area contributed by atoms with Gasteiger partial charge in [0.2, 0.25) is 5.89 Å². The van der Waals surface area contributed by atoms with Crippen molar-refractivity contribution >= 4 is 60.9 Å². The van der Waals surface area contributed by atoms with Gasteiger partial charge in [0.1, 0.15) is 16.7 Å². The summed E-state index contributed by atoms with van der Waals surface area (Å²) in [5.74, 6) is 0.583. The van der Waals surface area contributed by atoms with E-state index >= 15 is 0 Å². The van der Waals surface area contributed by atoms with Crippen LogP contribution in [-0.4, -0.2) is 4.98 Å². The number of benzene rings is 9. The minimum absolute atomic E-state index is 0.0859. The number of hydrogen-bond acceptors (Lipinski definition) is 4. The molecule has 0 unspecified atom stereocenters. The normalized spacial score (nSPS) is 13.0. The molecule has 0 amide bonds. The van der Waals surface area contributed by atoms with Crippen LogP contribution in [0.4, 0.5) is 17.1 Å². The average molecular weight is 771 g/mol. The monoisotopic (exact) mass is 770 g/mol. The third-order valence-corrected chi connectivity index (χ3v) is 12.5. The van der Waals surface area contributed by atoms with Crippen molar-refractivity contribution in [3.63, 3.8) is 0 Å². The van der Waals surface area contributed by atoms with Gasteiger partial charge < -0.3 is 13.7 Å². The van der Waals surface area contributed by atoms with Crippen molar-refractivity contribution in [1.29, 1.82) is 0 Å². The first kappa shape index (κ1) is 34.4. The van der Waals surface area contributed by atoms with E-state index in [9.17, 15) is 0 Å². The second kappa shape index (κ2) is 13.2.